The van der Waals surface area contributed by atoms with Gasteiger partial charge in [-0.25, -0.2) is 4.98 Å². The average molecular weight is 259 g/mol. The molecule has 0 aliphatic carbocycles. The zero-order valence-electron chi connectivity index (χ0n) is 10.5. The minimum Gasteiger partial charge on any atom is -0.393 e. The molecule has 0 aliphatic rings. The summed E-state index contributed by atoms with van der Waals surface area (Å²) < 4.78 is 0. The van der Waals surface area contributed by atoms with Crippen LogP contribution in [0, 0.1) is 0 Å². The number of nitrogens with two attached hydrogens (primary N) is 1. The minimum absolute atomic E-state index is 0.550. The first-order chi connectivity index (χ1) is 8.72. The lowest BCUT2D eigenvalue weighted by molar-refractivity contribution is 0.825. The molecular formula is C14H17N3S. The lowest BCUT2D eigenvalue weighted by Crippen LogP contribution is -2.28. The molecule has 1 aromatic heterocycles. The van der Waals surface area contributed by atoms with Crippen molar-refractivity contribution in [2.24, 2.45) is 5.73 Å². The van der Waals surface area contributed by atoms with Crippen molar-refractivity contribution in [3.05, 3.63) is 36.5 Å². The van der Waals surface area contributed by atoms with Crippen LogP contribution in [-0.2, 0) is 0 Å². The molecule has 3 nitrogen and oxygen atoms in total. The highest BCUT2D eigenvalue weighted by Crippen LogP contribution is 2.23. The summed E-state index contributed by atoms with van der Waals surface area (Å²) in [4.78, 5) is 7.26. The minimum atomic E-state index is 0.550. The van der Waals surface area contributed by atoms with Crippen molar-refractivity contribution in [2.75, 3.05) is 18.0 Å². The second-order valence-electron chi connectivity index (χ2n) is 4.15. The summed E-state index contributed by atoms with van der Waals surface area (Å²) in [6, 6.07) is 10.3. The van der Waals surface area contributed by atoms with Crippen molar-refractivity contribution < 1.29 is 0 Å². The highest BCUT2D eigenvalue weighted by Gasteiger charge is 2.09. The Hall–Kier alpha value is -1.68. The standard InChI is InChI=1S/C14H17N3S/c1-2-17(10-8-13(15)18)14-12-6-4-3-5-11(12)7-9-16-14/h3-7,9H,2,8,10H2,1H3,(H2,15,18). The third-order valence-electron chi connectivity index (χ3n) is 2.96. The van der Waals surface area contributed by atoms with Gasteiger partial charge in [0.05, 0.1) is 4.99 Å². The fraction of sp³-hybridized carbons (Fsp3) is 0.286. The molecule has 0 unspecified atom stereocenters. The highest BCUT2D eigenvalue weighted by molar-refractivity contribution is 7.80. The molecule has 2 N–H and O–H groups in total. The zero-order valence-corrected chi connectivity index (χ0v) is 11.3. The van der Waals surface area contributed by atoms with Crippen LogP contribution in [0.1, 0.15) is 13.3 Å². The third-order valence-corrected chi connectivity index (χ3v) is 3.17. The number of aromatic nitrogens is 1. The number of thiocarbonyl (C=S) groups is 1. The molecule has 0 saturated carbocycles. The predicted molar refractivity (Wildman–Crippen MR) is 81.0 cm³/mol. The van der Waals surface area contributed by atoms with Crippen LogP contribution in [0.25, 0.3) is 10.8 Å². The molecule has 0 fully saturated rings. The van der Waals surface area contributed by atoms with Crippen LogP contribution in [-0.4, -0.2) is 23.1 Å². The molecule has 94 valence electrons. The summed E-state index contributed by atoms with van der Waals surface area (Å²) in [5.41, 5.74) is 5.57. The van der Waals surface area contributed by atoms with Gasteiger partial charge in [-0.1, -0.05) is 36.5 Å². The van der Waals surface area contributed by atoms with Crippen LogP contribution in [0.4, 0.5) is 5.82 Å². The molecule has 0 bridgehead atoms. The quantitative estimate of drug-likeness (QED) is 0.838. The van der Waals surface area contributed by atoms with E-state index in [0.29, 0.717) is 11.4 Å². The Morgan fingerprint density at radius 2 is 2.11 bits per heavy atom. The smallest absolute Gasteiger partial charge is 0.136 e. The lowest BCUT2D eigenvalue weighted by Gasteiger charge is -2.23. The number of fused-ring (bicyclic) bond motifs is 1. The molecule has 0 spiro atoms. The number of anilines is 1. The molecule has 2 rings (SSSR count). The third kappa shape index (κ3) is 2.76. The van der Waals surface area contributed by atoms with Gasteiger partial charge in [-0.15, -0.1) is 0 Å². The summed E-state index contributed by atoms with van der Waals surface area (Å²) in [7, 11) is 0. The van der Waals surface area contributed by atoms with E-state index < -0.39 is 0 Å². The topological polar surface area (TPSA) is 42.1 Å². The molecule has 4 heteroatoms. The van der Waals surface area contributed by atoms with Gasteiger partial charge in [0.1, 0.15) is 5.82 Å². The van der Waals surface area contributed by atoms with Crippen molar-refractivity contribution in [1.82, 2.24) is 4.98 Å². The molecule has 1 aromatic carbocycles. The Labute approximate surface area is 113 Å². The van der Waals surface area contributed by atoms with Crippen molar-refractivity contribution in [3.8, 4) is 0 Å². The number of hydrogen-bond acceptors (Lipinski definition) is 3. The molecule has 0 atom stereocenters. The lowest BCUT2D eigenvalue weighted by atomic mass is 10.1. The van der Waals surface area contributed by atoms with Gasteiger partial charge in [0.25, 0.3) is 0 Å². The van der Waals surface area contributed by atoms with E-state index in [4.69, 9.17) is 18.0 Å². The van der Waals surface area contributed by atoms with Crippen LogP contribution in [0.5, 0.6) is 0 Å². The van der Waals surface area contributed by atoms with Crippen molar-refractivity contribution >= 4 is 33.8 Å². The number of rotatable bonds is 5. The molecule has 0 radical (unpaired) electrons. The maximum absolute atomic E-state index is 5.57. The maximum atomic E-state index is 5.57. The molecule has 0 amide bonds. The number of benzene rings is 1. The zero-order chi connectivity index (χ0) is 13.0. The van der Waals surface area contributed by atoms with E-state index in [9.17, 15) is 0 Å². The summed E-state index contributed by atoms with van der Waals surface area (Å²) in [6.45, 7) is 3.82. The number of nitrogens with zero attached hydrogens (tertiary/aromatic N) is 2. The van der Waals surface area contributed by atoms with E-state index in [1.807, 2.05) is 24.4 Å². The molecule has 0 aliphatic heterocycles. The first kappa shape index (κ1) is 12.8. The van der Waals surface area contributed by atoms with Gasteiger partial charge in [0.15, 0.2) is 0 Å². The van der Waals surface area contributed by atoms with Gasteiger partial charge >= 0.3 is 0 Å². The first-order valence-corrected chi connectivity index (χ1v) is 6.50. The second kappa shape index (κ2) is 5.78. The van der Waals surface area contributed by atoms with E-state index in [1.165, 1.54) is 10.8 Å². The van der Waals surface area contributed by atoms with E-state index in [1.54, 1.807) is 0 Å². The Kier molecular flexibility index (Phi) is 4.10. The fourth-order valence-electron chi connectivity index (χ4n) is 2.01. The molecule has 0 saturated heterocycles. The monoisotopic (exact) mass is 259 g/mol. The van der Waals surface area contributed by atoms with E-state index in [0.717, 1.165) is 18.9 Å². The summed E-state index contributed by atoms with van der Waals surface area (Å²) in [5.74, 6) is 1.01. The average Bonchev–Trinajstić information content (AvgIpc) is 2.39. The van der Waals surface area contributed by atoms with Crippen molar-refractivity contribution in [3.63, 3.8) is 0 Å². The normalized spacial score (nSPS) is 10.5. The van der Waals surface area contributed by atoms with Gasteiger partial charge in [-0.2, -0.15) is 0 Å². The van der Waals surface area contributed by atoms with Gasteiger partial charge in [0.2, 0.25) is 0 Å². The number of hydrogen-bond donors (Lipinski definition) is 1. The molecule has 2 aromatic rings. The second-order valence-corrected chi connectivity index (χ2v) is 4.68. The van der Waals surface area contributed by atoms with Crippen LogP contribution in [0.3, 0.4) is 0 Å². The Morgan fingerprint density at radius 3 is 2.83 bits per heavy atom. The van der Waals surface area contributed by atoms with Crippen molar-refractivity contribution in [1.29, 1.82) is 0 Å². The van der Waals surface area contributed by atoms with E-state index in [2.05, 4.69) is 28.9 Å². The SMILES string of the molecule is CCN(CCC(N)=S)c1nccc2ccccc12. The number of pyridine rings is 1. The van der Waals surface area contributed by atoms with Crippen molar-refractivity contribution in [2.45, 2.75) is 13.3 Å². The fourth-order valence-corrected chi connectivity index (χ4v) is 2.11. The Balaban J connectivity index is 2.35. The van der Waals surface area contributed by atoms with Gasteiger partial charge in [-0.05, 0) is 18.4 Å². The van der Waals surface area contributed by atoms with Crippen LogP contribution in [0.2, 0.25) is 0 Å². The Morgan fingerprint density at radius 1 is 1.33 bits per heavy atom. The van der Waals surface area contributed by atoms with Crippen LogP contribution >= 0.6 is 12.2 Å². The van der Waals surface area contributed by atoms with Gasteiger partial charge in [0, 0.05) is 31.1 Å². The highest BCUT2D eigenvalue weighted by atomic mass is 32.1. The van der Waals surface area contributed by atoms with E-state index in [-0.39, 0.29) is 0 Å². The van der Waals surface area contributed by atoms with Gasteiger partial charge < -0.3 is 10.6 Å². The maximum Gasteiger partial charge on any atom is 0.136 e. The summed E-state index contributed by atoms with van der Waals surface area (Å²) in [6.07, 6.45) is 2.56. The molecule has 18 heavy (non-hydrogen) atoms. The molecular weight excluding hydrogens is 242 g/mol. The summed E-state index contributed by atoms with van der Waals surface area (Å²) >= 11 is 4.94. The van der Waals surface area contributed by atoms with E-state index >= 15 is 0 Å². The summed E-state index contributed by atoms with van der Waals surface area (Å²) in [5, 5.41) is 2.38. The predicted octanol–water partition coefficient (Wildman–Crippen LogP) is 2.74. The first-order valence-electron chi connectivity index (χ1n) is 6.09. The molecule has 1 heterocycles. The van der Waals surface area contributed by atoms with Crippen LogP contribution in [0.15, 0.2) is 36.5 Å². The van der Waals surface area contributed by atoms with Crippen LogP contribution < -0.4 is 10.6 Å². The van der Waals surface area contributed by atoms with Gasteiger partial charge in [-0.3, -0.25) is 0 Å². The largest absolute Gasteiger partial charge is 0.393 e. The Bertz CT molecular complexity index is 548.